The second-order valence-electron chi connectivity index (χ2n) is 8.74. The van der Waals surface area contributed by atoms with Crippen molar-refractivity contribution in [1.29, 1.82) is 0 Å². The van der Waals surface area contributed by atoms with Gasteiger partial charge in [0.1, 0.15) is 0 Å². The fraction of sp³-hybridized carbons (Fsp3) is 0.286. The van der Waals surface area contributed by atoms with E-state index < -0.39 is 11.4 Å². The minimum Gasteiger partial charge on any atom is -0.481 e. The van der Waals surface area contributed by atoms with Crippen LogP contribution in [0.15, 0.2) is 84.9 Å². The van der Waals surface area contributed by atoms with Gasteiger partial charge in [-0.15, -0.1) is 0 Å². The molecule has 1 saturated carbocycles. The third kappa shape index (κ3) is 5.25. The lowest BCUT2D eigenvalue weighted by atomic mass is 9.91. The Labute approximate surface area is 189 Å². The van der Waals surface area contributed by atoms with Crippen LogP contribution in [-0.2, 0) is 29.0 Å². The van der Waals surface area contributed by atoms with Crippen LogP contribution in [0.2, 0.25) is 0 Å². The fourth-order valence-corrected chi connectivity index (χ4v) is 4.53. The van der Waals surface area contributed by atoms with Gasteiger partial charge in [-0.2, -0.15) is 0 Å². The summed E-state index contributed by atoms with van der Waals surface area (Å²) in [4.78, 5) is 24.3. The van der Waals surface area contributed by atoms with E-state index in [1.54, 1.807) is 0 Å². The summed E-state index contributed by atoms with van der Waals surface area (Å²) in [5.74, 6) is -0.662. The van der Waals surface area contributed by atoms with Crippen molar-refractivity contribution in [2.45, 2.75) is 44.6 Å². The van der Waals surface area contributed by atoms with Gasteiger partial charge in [-0.3, -0.25) is 9.59 Å². The maximum absolute atomic E-state index is 12.3. The van der Waals surface area contributed by atoms with E-state index in [0.29, 0.717) is 25.8 Å². The van der Waals surface area contributed by atoms with Crippen LogP contribution < -0.4 is 5.32 Å². The van der Waals surface area contributed by atoms with Gasteiger partial charge in [0.2, 0.25) is 5.91 Å². The molecule has 1 aliphatic carbocycles. The summed E-state index contributed by atoms with van der Waals surface area (Å²) >= 11 is 0. The Kier molecular flexibility index (Phi) is 6.69. The standard InChI is InChI=1S/C28H29NO3/c30-26(29-20-23-10-5-2-6-11-23)18-22-13-15-24(16-14-22)25-19-28(25,27(31)32)17-7-12-21-8-3-1-4-9-21/h1-6,8-11,13-16,25H,7,12,17-20H2,(H,29,30)(H,31,32)/t25-,28?/m0/s1. The largest absolute Gasteiger partial charge is 0.481 e. The average molecular weight is 428 g/mol. The molecule has 0 bridgehead atoms. The summed E-state index contributed by atoms with van der Waals surface area (Å²) in [5.41, 5.74) is 3.66. The molecule has 0 heterocycles. The van der Waals surface area contributed by atoms with Crippen LogP contribution in [-0.4, -0.2) is 17.0 Å². The average Bonchev–Trinajstić information content (AvgIpc) is 3.56. The highest BCUT2D eigenvalue weighted by atomic mass is 16.4. The second-order valence-corrected chi connectivity index (χ2v) is 8.74. The summed E-state index contributed by atoms with van der Waals surface area (Å²) < 4.78 is 0. The topological polar surface area (TPSA) is 66.4 Å². The van der Waals surface area contributed by atoms with Gasteiger partial charge in [0, 0.05) is 12.5 Å². The summed E-state index contributed by atoms with van der Waals surface area (Å²) in [6, 6.07) is 27.9. The van der Waals surface area contributed by atoms with Crippen LogP contribution in [0, 0.1) is 5.41 Å². The number of aryl methyl sites for hydroxylation is 1. The number of carboxylic acids is 1. The van der Waals surface area contributed by atoms with Crippen molar-refractivity contribution in [3.8, 4) is 0 Å². The summed E-state index contributed by atoms with van der Waals surface area (Å²) in [6.45, 7) is 0.518. The minimum absolute atomic E-state index is 0.0196. The Morgan fingerprint density at radius 1 is 0.844 bits per heavy atom. The van der Waals surface area contributed by atoms with Gasteiger partial charge in [0.05, 0.1) is 11.8 Å². The molecule has 0 saturated heterocycles. The molecule has 0 aliphatic heterocycles. The maximum Gasteiger partial charge on any atom is 0.310 e. The van der Waals surface area contributed by atoms with Gasteiger partial charge >= 0.3 is 5.97 Å². The third-order valence-electron chi connectivity index (χ3n) is 6.51. The lowest BCUT2D eigenvalue weighted by Gasteiger charge is -2.13. The molecule has 2 N–H and O–H groups in total. The highest BCUT2D eigenvalue weighted by molar-refractivity contribution is 5.81. The van der Waals surface area contributed by atoms with E-state index in [-0.39, 0.29) is 11.8 Å². The summed E-state index contributed by atoms with van der Waals surface area (Å²) in [7, 11) is 0. The fourth-order valence-electron chi connectivity index (χ4n) is 4.53. The van der Waals surface area contributed by atoms with Gasteiger partial charge in [-0.05, 0) is 47.9 Å². The Morgan fingerprint density at radius 2 is 1.47 bits per heavy atom. The number of rotatable bonds is 10. The predicted octanol–water partition coefficient (Wildman–Crippen LogP) is 5.13. The zero-order chi connectivity index (χ0) is 22.4. The predicted molar refractivity (Wildman–Crippen MR) is 125 cm³/mol. The van der Waals surface area contributed by atoms with Gasteiger partial charge in [0.25, 0.3) is 0 Å². The van der Waals surface area contributed by atoms with E-state index in [0.717, 1.165) is 29.5 Å². The number of amides is 1. The van der Waals surface area contributed by atoms with Crippen molar-refractivity contribution < 1.29 is 14.7 Å². The molecular formula is C28H29NO3. The lowest BCUT2D eigenvalue weighted by Crippen LogP contribution is -2.24. The highest BCUT2D eigenvalue weighted by Crippen LogP contribution is 2.62. The monoisotopic (exact) mass is 427 g/mol. The lowest BCUT2D eigenvalue weighted by molar-refractivity contribution is -0.143. The molecule has 2 atom stereocenters. The van der Waals surface area contributed by atoms with E-state index in [4.69, 9.17) is 0 Å². The number of nitrogens with one attached hydrogen (secondary N) is 1. The molecule has 0 spiro atoms. The molecule has 3 aromatic rings. The van der Waals surface area contributed by atoms with E-state index in [2.05, 4.69) is 17.4 Å². The molecule has 1 aliphatic rings. The van der Waals surface area contributed by atoms with Crippen molar-refractivity contribution in [1.82, 2.24) is 5.32 Å². The van der Waals surface area contributed by atoms with E-state index in [9.17, 15) is 14.7 Å². The molecule has 32 heavy (non-hydrogen) atoms. The molecule has 1 amide bonds. The summed E-state index contributed by atoms with van der Waals surface area (Å²) in [6.07, 6.45) is 3.46. The van der Waals surface area contributed by atoms with E-state index >= 15 is 0 Å². The smallest absolute Gasteiger partial charge is 0.310 e. The SMILES string of the molecule is O=C(Cc1ccc([C@@H]2CC2(CCCc2ccccc2)C(=O)O)cc1)NCc1ccccc1. The van der Waals surface area contributed by atoms with E-state index in [1.165, 1.54) is 5.56 Å². The van der Waals surface area contributed by atoms with Crippen molar-refractivity contribution in [2.24, 2.45) is 5.41 Å². The molecule has 0 aromatic heterocycles. The highest BCUT2D eigenvalue weighted by Gasteiger charge is 2.60. The molecule has 4 rings (SSSR count). The van der Waals surface area contributed by atoms with Crippen LogP contribution >= 0.6 is 0 Å². The van der Waals surface area contributed by atoms with Gasteiger partial charge in [-0.1, -0.05) is 84.9 Å². The van der Waals surface area contributed by atoms with Gasteiger partial charge < -0.3 is 10.4 Å². The Morgan fingerprint density at radius 3 is 2.09 bits per heavy atom. The molecule has 3 aromatic carbocycles. The molecule has 1 unspecified atom stereocenters. The number of carbonyl (C=O) groups excluding carboxylic acids is 1. The molecule has 0 radical (unpaired) electrons. The molecular weight excluding hydrogens is 398 g/mol. The van der Waals surface area contributed by atoms with Crippen molar-refractivity contribution >= 4 is 11.9 Å². The normalized spacial score (nSPS) is 19.3. The zero-order valence-corrected chi connectivity index (χ0v) is 18.2. The molecule has 4 heteroatoms. The molecule has 1 fully saturated rings. The first-order valence-electron chi connectivity index (χ1n) is 11.2. The maximum atomic E-state index is 12.3. The second kappa shape index (κ2) is 9.82. The Hall–Kier alpha value is -3.40. The number of benzene rings is 3. The zero-order valence-electron chi connectivity index (χ0n) is 18.2. The first-order valence-corrected chi connectivity index (χ1v) is 11.2. The number of carbonyl (C=O) groups is 2. The van der Waals surface area contributed by atoms with Crippen molar-refractivity contribution in [2.75, 3.05) is 0 Å². The number of aliphatic carboxylic acids is 1. The van der Waals surface area contributed by atoms with Crippen LogP contribution in [0.1, 0.15) is 47.4 Å². The Balaban J connectivity index is 1.30. The first kappa shape index (κ1) is 21.8. The number of hydrogen-bond acceptors (Lipinski definition) is 2. The number of carboxylic acid groups (broad SMARTS) is 1. The van der Waals surface area contributed by atoms with E-state index in [1.807, 2.05) is 72.8 Å². The van der Waals surface area contributed by atoms with Crippen LogP contribution in [0.5, 0.6) is 0 Å². The van der Waals surface area contributed by atoms with Crippen LogP contribution in [0.25, 0.3) is 0 Å². The van der Waals surface area contributed by atoms with Crippen LogP contribution in [0.4, 0.5) is 0 Å². The van der Waals surface area contributed by atoms with Crippen LogP contribution in [0.3, 0.4) is 0 Å². The third-order valence-corrected chi connectivity index (χ3v) is 6.51. The van der Waals surface area contributed by atoms with Gasteiger partial charge in [0.15, 0.2) is 0 Å². The van der Waals surface area contributed by atoms with Gasteiger partial charge in [-0.25, -0.2) is 0 Å². The molecule has 4 nitrogen and oxygen atoms in total. The molecule has 164 valence electrons. The Bertz CT molecular complexity index is 1050. The van der Waals surface area contributed by atoms with Crippen molar-refractivity contribution in [3.05, 3.63) is 107 Å². The number of hydrogen-bond donors (Lipinski definition) is 2. The summed E-state index contributed by atoms with van der Waals surface area (Å²) in [5, 5.41) is 12.9. The quantitative estimate of drug-likeness (QED) is 0.472. The minimum atomic E-state index is -0.695. The first-order chi connectivity index (χ1) is 15.6. The van der Waals surface area contributed by atoms with Crippen molar-refractivity contribution in [3.63, 3.8) is 0 Å².